The first-order chi connectivity index (χ1) is 28.2. The van der Waals surface area contributed by atoms with Gasteiger partial charge in [-0.1, -0.05) is 36.4 Å². The second-order valence-electron chi connectivity index (χ2n) is 14.6. The van der Waals surface area contributed by atoms with E-state index in [4.69, 9.17) is 28.9 Å². The van der Waals surface area contributed by atoms with Crippen LogP contribution < -0.4 is 10.6 Å². The molecule has 0 aliphatic carbocycles. The number of aromatic amines is 2. The maximum atomic E-state index is 13.6. The Morgan fingerprint density at radius 2 is 1.03 bits per heavy atom. The zero-order valence-electron chi connectivity index (χ0n) is 33.2. The van der Waals surface area contributed by atoms with Gasteiger partial charge in [-0.05, 0) is 72.2 Å². The molecule has 2 aliphatic rings. The Morgan fingerprint density at radius 3 is 1.41 bits per heavy atom. The predicted molar refractivity (Wildman–Crippen MR) is 216 cm³/mol. The lowest BCUT2D eigenvalue weighted by atomic mass is 10.00. The number of likely N-dealkylation sites (tertiary alicyclic amines) is 2. The van der Waals surface area contributed by atoms with Gasteiger partial charge in [-0.2, -0.15) is 0 Å². The van der Waals surface area contributed by atoms with E-state index in [-0.39, 0.29) is 23.9 Å². The molecule has 16 heteroatoms. The molecule has 16 nitrogen and oxygen atoms in total. The summed E-state index contributed by atoms with van der Waals surface area (Å²) in [7, 11) is 5.66. The molecule has 5 aromatic rings. The highest BCUT2D eigenvalue weighted by atomic mass is 16.5. The number of H-pyrrole nitrogens is 2. The molecule has 2 aromatic heterocycles. The molecule has 306 valence electrons. The normalized spacial score (nSPS) is 17.7. The maximum Gasteiger partial charge on any atom is 0.407 e. The van der Waals surface area contributed by atoms with E-state index in [9.17, 15) is 19.2 Å². The Kier molecular flexibility index (Phi) is 12.5. The monoisotopic (exact) mass is 794 g/mol. The third kappa shape index (κ3) is 8.62. The number of aromatic nitrogens is 4. The Labute approximate surface area is 336 Å². The molecule has 2 fully saturated rings. The van der Waals surface area contributed by atoms with Gasteiger partial charge in [-0.15, -0.1) is 0 Å². The minimum atomic E-state index is -0.769. The number of carbonyl (C=O) groups is 4. The molecule has 0 spiro atoms. The van der Waals surface area contributed by atoms with Crippen LogP contribution in [0, 0.1) is 0 Å². The number of alkyl carbamates (subject to hydrolysis) is 2. The molecular formula is C42H50N8O8. The number of benzene rings is 3. The topological polar surface area (TPSA) is 193 Å². The number of nitrogens with one attached hydrogen (secondary N) is 4. The molecule has 58 heavy (non-hydrogen) atoms. The fraction of sp³-hybridized carbons (Fsp3) is 0.429. The van der Waals surface area contributed by atoms with Crippen LogP contribution in [0.4, 0.5) is 9.59 Å². The van der Waals surface area contributed by atoms with E-state index in [0.717, 1.165) is 70.0 Å². The average molecular weight is 795 g/mol. The summed E-state index contributed by atoms with van der Waals surface area (Å²) in [6, 6.07) is 18.5. The number of rotatable bonds is 14. The van der Waals surface area contributed by atoms with Crippen LogP contribution in [0.2, 0.25) is 0 Å². The number of fused-ring (bicyclic) bond motifs is 2. The van der Waals surface area contributed by atoms with E-state index in [1.54, 1.807) is 24.0 Å². The van der Waals surface area contributed by atoms with Crippen molar-refractivity contribution >= 4 is 46.1 Å². The SMILES string of the molecule is COCC[C@H](NC(=O)OC)C(=O)N1CCC[C@H]1c1nc2ccc(-c3ccc(-c4ccc5nc([C@@H]6CCCN6C(=O)[C@H](CCOC)NC(=O)OC)[nH]c5c4)cc3)cc2[nH]1. The molecule has 4 N–H and O–H groups in total. The highest BCUT2D eigenvalue weighted by Gasteiger charge is 2.38. The van der Waals surface area contributed by atoms with Crippen molar-refractivity contribution < 1.29 is 38.1 Å². The molecule has 4 atom stereocenters. The average Bonchev–Trinajstić information content (AvgIpc) is 4.08. The summed E-state index contributed by atoms with van der Waals surface area (Å²) in [6.07, 6.45) is 2.49. The minimum Gasteiger partial charge on any atom is -0.453 e. The molecular weight excluding hydrogens is 745 g/mol. The van der Waals surface area contributed by atoms with Gasteiger partial charge >= 0.3 is 12.2 Å². The van der Waals surface area contributed by atoms with Crippen molar-refractivity contribution in [1.82, 2.24) is 40.4 Å². The lowest BCUT2D eigenvalue weighted by molar-refractivity contribution is -0.135. The smallest absolute Gasteiger partial charge is 0.407 e. The summed E-state index contributed by atoms with van der Waals surface area (Å²) in [4.78, 5) is 71.5. The van der Waals surface area contributed by atoms with Crippen molar-refractivity contribution in [3.05, 3.63) is 72.3 Å². The number of imidazole rings is 2. The zero-order chi connectivity index (χ0) is 40.8. The third-order valence-electron chi connectivity index (χ3n) is 11.0. The van der Waals surface area contributed by atoms with Crippen molar-refractivity contribution in [3.8, 4) is 22.3 Å². The van der Waals surface area contributed by atoms with E-state index in [1.165, 1.54) is 14.2 Å². The maximum absolute atomic E-state index is 13.6. The second kappa shape index (κ2) is 18.1. The van der Waals surface area contributed by atoms with Crippen LogP contribution in [0.25, 0.3) is 44.3 Å². The van der Waals surface area contributed by atoms with E-state index < -0.39 is 24.3 Å². The second-order valence-corrected chi connectivity index (χ2v) is 14.6. The van der Waals surface area contributed by atoms with Crippen LogP contribution >= 0.6 is 0 Å². The quantitative estimate of drug-likeness (QED) is 0.110. The van der Waals surface area contributed by atoms with Crippen molar-refractivity contribution in [3.63, 3.8) is 0 Å². The number of ether oxygens (including phenoxy) is 4. The van der Waals surface area contributed by atoms with Crippen LogP contribution in [-0.2, 0) is 28.5 Å². The zero-order valence-corrected chi connectivity index (χ0v) is 33.2. The first kappa shape index (κ1) is 40.2. The van der Waals surface area contributed by atoms with Crippen LogP contribution in [0.1, 0.15) is 62.3 Å². The molecule has 0 saturated carbocycles. The van der Waals surface area contributed by atoms with Gasteiger partial charge in [0.05, 0.1) is 48.4 Å². The van der Waals surface area contributed by atoms with Gasteiger partial charge in [0.15, 0.2) is 0 Å². The van der Waals surface area contributed by atoms with Gasteiger partial charge in [0.2, 0.25) is 11.8 Å². The van der Waals surface area contributed by atoms with Gasteiger partial charge in [0, 0.05) is 53.4 Å². The summed E-state index contributed by atoms with van der Waals surface area (Å²) in [5.74, 6) is 1.04. The van der Waals surface area contributed by atoms with Crippen molar-refractivity contribution in [2.45, 2.75) is 62.7 Å². The molecule has 0 unspecified atom stereocenters. The van der Waals surface area contributed by atoms with Crippen LogP contribution in [-0.4, -0.2) is 121 Å². The highest BCUT2D eigenvalue weighted by molar-refractivity contribution is 5.88. The van der Waals surface area contributed by atoms with Gasteiger partial charge in [-0.25, -0.2) is 19.6 Å². The molecule has 2 saturated heterocycles. The largest absolute Gasteiger partial charge is 0.453 e. The molecule has 4 amide bonds. The summed E-state index contributed by atoms with van der Waals surface area (Å²) < 4.78 is 19.9. The number of nitrogens with zero attached hydrogens (tertiary/aromatic N) is 4. The van der Waals surface area contributed by atoms with Gasteiger partial charge in [0.25, 0.3) is 0 Å². The van der Waals surface area contributed by atoms with E-state index in [1.807, 2.05) is 24.3 Å². The predicted octanol–water partition coefficient (Wildman–Crippen LogP) is 5.62. The molecule has 3 aromatic carbocycles. The minimum absolute atomic E-state index is 0.191. The van der Waals surface area contributed by atoms with Crippen molar-refractivity contribution in [2.75, 3.05) is 54.7 Å². The Bertz CT molecular complexity index is 2100. The van der Waals surface area contributed by atoms with Crippen LogP contribution in [0.15, 0.2) is 60.7 Å². The number of hydrogen-bond donors (Lipinski definition) is 4. The first-order valence-corrected chi connectivity index (χ1v) is 19.6. The fourth-order valence-corrected chi connectivity index (χ4v) is 8.01. The number of amides is 4. The molecule has 2 aliphatic heterocycles. The Hall–Kier alpha value is -6.00. The van der Waals surface area contributed by atoms with Gasteiger partial charge < -0.3 is 49.3 Å². The first-order valence-electron chi connectivity index (χ1n) is 19.6. The lowest BCUT2D eigenvalue weighted by Crippen LogP contribution is -2.49. The van der Waals surface area contributed by atoms with Crippen molar-refractivity contribution in [2.24, 2.45) is 0 Å². The standard InChI is InChI=1S/C42H50N8O8/c1-55-21-17-31(47-41(53)57-3)39(51)49-19-5-7-35(49)37-43-29-15-13-27(23-33(29)45-37)25-9-11-26(12-10-25)28-14-16-30-34(24-28)46-38(44-30)36-8-6-20-50(36)40(52)32(18-22-56-2)48-42(54)58-4/h9-16,23-24,31-32,35-36H,5-8,17-22H2,1-4H3,(H,43,45)(H,44,46)(H,47,53)(H,48,54)/t31-,32-,35-,36-/m0/s1. The van der Waals surface area contributed by atoms with Gasteiger partial charge in [0.1, 0.15) is 23.7 Å². The molecule has 0 bridgehead atoms. The molecule has 0 radical (unpaired) electrons. The number of hydrogen-bond acceptors (Lipinski definition) is 10. The fourth-order valence-electron chi connectivity index (χ4n) is 8.01. The Balaban J connectivity index is 1.05. The third-order valence-corrected chi connectivity index (χ3v) is 11.0. The Morgan fingerprint density at radius 1 is 0.638 bits per heavy atom. The summed E-state index contributed by atoms with van der Waals surface area (Å²) in [5.41, 5.74) is 7.46. The van der Waals surface area contributed by atoms with Crippen molar-refractivity contribution in [1.29, 1.82) is 0 Å². The van der Waals surface area contributed by atoms with Crippen LogP contribution in [0.5, 0.6) is 0 Å². The van der Waals surface area contributed by atoms with Gasteiger partial charge in [-0.3, -0.25) is 9.59 Å². The van der Waals surface area contributed by atoms with Crippen LogP contribution in [0.3, 0.4) is 0 Å². The number of carbonyl (C=O) groups excluding carboxylic acids is 4. The van der Waals surface area contributed by atoms with E-state index in [0.29, 0.717) is 50.8 Å². The van der Waals surface area contributed by atoms with E-state index >= 15 is 0 Å². The van der Waals surface area contributed by atoms with E-state index in [2.05, 4.69) is 57.0 Å². The lowest BCUT2D eigenvalue weighted by Gasteiger charge is -2.28. The molecule has 7 rings (SSSR count). The summed E-state index contributed by atoms with van der Waals surface area (Å²) in [5, 5.41) is 5.32. The summed E-state index contributed by atoms with van der Waals surface area (Å²) in [6.45, 7) is 1.75. The number of methoxy groups -OCH3 is 4. The highest BCUT2D eigenvalue weighted by Crippen LogP contribution is 2.35. The molecule has 4 heterocycles. The summed E-state index contributed by atoms with van der Waals surface area (Å²) >= 11 is 0.